The van der Waals surface area contributed by atoms with Crippen molar-refractivity contribution in [3.05, 3.63) is 59.0 Å². The number of rotatable bonds is 7. The summed E-state index contributed by atoms with van der Waals surface area (Å²) in [6.07, 6.45) is 0. The predicted molar refractivity (Wildman–Crippen MR) is 137 cm³/mol. The maximum absolute atomic E-state index is 14.7. The number of ether oxygens (including phenoxy) is 1. The van der Waals surface area contributed by atoms with Crippen molar-refractivity contribution in [3.8, 4) is 33.0 Å². The van der Waals surface area contributed by atoms with Gasteiger partial charge in [0.15, 0.2) is 5.13 Å². The number of nitrogens with two attached hydrogens (primary N) is 1. The predicted octanol–water partition coefficient (Wildman–Crippen LogP) is 4.70. The van der Waals surface area contributed by atoms with E-state index in [0.29, 0.717) is 21.7 Å². The van der Waals surface area contributed by atoms with Gasteiger partial charge in [-0.2, -0.15) is 5.26 Å². The van der Waals surface area contributed by atoms with Gasteiger partial charge in [0.2, 0.25) is 0 Å². The first kappa shape index (κ1) is 25.5. The number of amides is 3. The number of halogens is 2. The summed E-state index contributed by atoms with van der Waals surface area (Å²) in [5.74, 6) is -1.89. The number of hydrogen-bond donors (Lipinski definition) is 4. The molecule has 0 fully saturated rings. The molecule has 0 saturated heterocycles. The largest absolute Gasteiger partial charge is 0.497 e. The topological polar surface area (TPSA) is 155 Å². The highest BCUT2D eigenvalue weighted by Gasteiger charge is 2.20. The molecule has 2 aromatic heterocycles. The first-order chi connectivity index (χ1) is 17.8. The number of anilines is 3. The third-order valence-corrected chi connectivity index (χ3v) is 6.80. The van der Waals surface area contributed by atoms with Gasteiger partial charge in [-0.15, -0.1) is 11.3 Å². The van der Waals surface area contributed by atoms with Gasteiger partial charge in [-0.05, 0) is 24.3 Å². The zero-order chi connectivity index (χ0) is 26.5. The number of carbonyl (C=O) groups excluding carboxylic acids is 2. The van der Waals surface area contributed by atoms with Gasteiger partial charge in [0, 0.05) is 22.6 Å². The number of nitrogens with one attached hydrogen (secondary N) is 3. The van der Waals surface area contributed by atoms with E-state index in [0.717, 1.165) is 28.7 Å². The van der Waals surface area contributed by atoms with E-state index in [1.165, 1.54) is 19.2 Å². The van der Waals surface area contributed by atoms with Gasteiger partial charge in [0.05, 0.1) is 24.6 Å². The molecular formula is C23H17F2N7O3S2. The van der Waals surface area contributed by atoms with Crippen molar-refractivity contribution in [3.63, 3.8) is 0 Å². The van der Waals surface area contributed by atoms with Crippen molar-refractivity contribution in [2.75, 3.05) is 30.0 Å². The fourth-order valence-electron chi connectivity index (χ4n) is 3.10. The number of urea groups is 1. The minimum absolute atomic E-state index is 0.0397. The molecule has 2 heterocycles. The lowest BCUT2D eigenvalue weighted by Crippen LogP contribution is -2.28. The SMILES string of the molecule is COc1cccc(C(=O)Nc2cc(-c3csc(-c4sc(NC(=O)NCC#N)nc4N)n3)c(F)cc2F)c1. The van der Waals surface area contributed by atoms with Crippen molar-refractivity contribution in [2.24, 2.45) is 0 Å². The summed E-state index contributed by atoms with van der Waals surface area (Å²) in [5, 5.41) is 17.9. The first-order valence-corrected chi connectivity index (χ1v) is 12.1. The van der Waals surface area contributed by atoms with Crippen molar-refractivity contribution < 1.29 is 23.1 Å². The molecule has 4 aromatic rings. The number of nitrogens with zero attached hydrogens (tertiary/aromatic N) is 3. The van der Waals surface area contributed by atoms with Crippen LogP contribution in [0.3, 0.4) is 0 Å². The normalized spacial score (nSPS) is 10.4. The fraction of sp³-hybridized carbons (Fsp3) is 0.0870. The zero-order valence-corrected chi connectivity index (χ0v) is 20.6. The molecule has 0 unspecified atom stereocenters. The number of benzene rings is 2. The average molecular weight is 542 g/mol. The Balaban J connectivity index is 1.58. The van der Waals surface area contributed by atoms with Crippen LogP contribution >= 0.6 is 22.7 Å². The van der Waals surface area contributed by atoms with E-state index in [1.54, 1.807) is 23.6 Å². The van der Waals surface area contributed by atoms with Crippen LogP contribution in [0.15, 0.2) is 41.8 Å². The van der Waals surface area contributed by atoms with E-state index in [4.69, 9.17) is 15.7 Å². The number of nitrogen functional groups attached to an aromatic ring is 1. The number of hydrogen-bond acceptors (Lipinski definition) is 9. The third-order valence-electron chi connectivity index (χ3n) is 4.81. The van der Waals surface area contributed by atoms with Crippen LogP contribution in [0.25, 0.3) is 21.1 Å². The molecule has 188 valence electrons. The second-order valence-electron chi connectivity index (χ2n) is 7.24. The highest BCUT2D eigenvalue weighted by atomic mass is 32.1. The molecule has 37 heavy (non-hydrogen) atoms. The number of thiazole rings is 2. The standard InChI is InChI=1S/C23H17F2N7O3S2/c1-35-12-4-2-3-11(7-12)20(33)29-16-8-13(14(24)9-15(16)25)17-10-36-21(30-17)18-19(27)31-23(37-18)32-22(34)28-6-5-26/h2-4,7-10H,6,27H2,1H3,(H,29,33)(H2,28,31,32,34). The minimum atomic E-state index is -0.954. The summed E-state index contributed by atoms with van der Waals surface area (Å²) in [5.41, 5.74) is 6.11. The van der Waals surface area contributed by atoms with Crippen LogP contribution in [0.2, 0.25) is 0 Å². The van der Waals surface area contributed by atoms with Gasteiger partial charge in [-0.25, -0.2) is 23.5 Å². The maximum Gasteiger partial charge on any atom is 0.321 e. The Morgan fingerprint density at radius 1 is 1.16 bits per heavy atom. The van der Waals surface area contributed by atoms with Crippen LogP contribution in [0.4, 0.5) is 30.2 Å². The number of nitriles is 1. The second-order valence-corrected chi connectivity index (χ2v) is 9.09. The molecule has 4 rings (SSSR count). The average Bonchev–Trinajstić information content (AvgIpc) is 3.50. The molecule has 14 heteroatoms. The van der Waals surface area contributed by atoms with Crippen molar-refractivity contribution in [1.82, 2.24) is 15.3 Å². The highest BCUT2D eigenvalue weighted by Crippen LogP contribution is 2.39. The summed E-state index contributed by atoms with van der Waals surface area (Å²) in [7, 11) is 1.45. The molecule has 10 nitrogen and oxygen atoms in total. The Bertz CT molecular complexity index is 1530. The summed E-state index contributed by atoms with van der Waals surface area (Å²) < 4.78 is 34.3. The fourth-order valence-corrected chi connectivity index (χ4v) is 4.90. The Morgan fingerprint density at radius 3 is 2.73 bits per heavy atom. The van der Waals surface area contributed by atoms with Gasteiger partial charge in [0.25, 0.3) is 5.91 Å². The van der Waals surface area contributed by atoms with Gasteiger partial charge in [0.1, 0.15) is 39.6 Å². The molecule has 2 aromatic carbocycles. The van der Waals surface area contributed by atoms with Crippen LogP contribution in [0, 0.1) is 23.0 Å². The Kier molecular flexibility index (Phi) is 7.56. The van der Waals surface area contributed by atoms with Crippen molar-refractivity contribution in [2.45, 2.75) is 0 Å². The lowest BCUT2D eigenvalue weighted by Gasteiger charge is -2.10. The van der Waals surface area contributed by atoms with E-state index in [-0.39, 0.29) is 40.0 Å². The summed E-state index contributed by atoms with van der Waals surface area (Å²) >= 11 is 2.18. The monoisotopic (exact) mass is 541 g/mol. The second kappa shape index (κ2) is 11.0. The van der Waals surface area contributed by atoms with E-state index in [2.05, 4.69) is 25.9 Å². The molecule has 0 radical (unpaired) electrons. The third kappa shape index (κ3) is 5.80. The molecule has 0 aliphatic heterocycles. The van der Waals surface area contributed by atoms with Crippen molar-refractivity contribution >= 4 is 51.2 Å². The molecule has 3 amide bonds. The number of aromatic nitrogens is 2. The minimum Gasteiger partial charge on any atom is -0.497 e. The smallest absolute Gasteiger partial charge is 0.321 e. The number of methoxy groups -OCH3 is 1. The molecule has 0 aliphatic carbocycles. The molecular weight excluding hydrogens is 524 g/mol. The van der Waals surface area contributed by atoms with E-state index >= 15 is 0 Å². The highest BCUT2D eigenvalue weighted by molar-refractivity contribution is 7.23. The summed E-state index contributed by atoms with van der Waals surface area (Å²) in [6.45, 7) is -0.180. The molecule has 0 saturated carbocycles. The van der Waals surface area contributed by atoms with Gasteiger partial charge in [-0.1, -0.05) is 17.4 Å². The molecule has 0 spiro atoms. The van der Waals surface area contributed by atoms with E-state index in [1.807, 2.05) is 0 Å². The molecule has 5 N–H and O–H groups in total. The maximum atomic E-state index is 14.7. The quantitative estimate of drug-likeness (QED) is 0.247. The van der Waals surface area contributed by atoms with Gasteiger partial charge < -0.3 is 21.1 Å². The Morgan fingerprint density at radius 2 is 1.97 bits per heavy atom. The molecule has 0 aliphatic rings. The molecule has 0 atom stereocenters. The summed E-state index contributed by atoms with van der Waals surface area (Å²) in [6, 6.07) is 9.26. The van der Waals surface area contributed by atoms with Crippen LogP contribution in [-0.2, 0) is 0 Å². The van der Waals surface area contributed by atoms with Crippen LogP contribution in [0.1, 0.15) is 10.4 Å². The number of carbonyl (C=O) groups is 2. The van der Waals surface area contributed by atoms with Crippen molar-refractivity contribution in [1.29, 1.82) is 5.26 Å². The zero-order valence-electron chi connectivity index (χ0n) is 19.0. The lowest BCUT2D eigenvalue weighted by molar-refractivity contribution is 0.102. The Hall–Kier alpha value is -4.61. The summed E-state index contributed by atoms with van der Waals surface area (Å²) in [4.78, 5) is 33.2. The van der Waals surface area contributed by atoms with E-state index < -0.39 is 23.6 Å². The molecule has 0 bridgehead atoms. The first-order valence-electron chi connectivity index (χ1n) is 10.4. The lowest BCUT2D eigenvalue weighted by atomic mass is 10.1. The van der Waals surface area contributed by atoms with Crippen LogP contribution in [-0.4, -0.2) is 35.6 Å². The van der Waals surface area contributed by atoms with Gasteiger partial charge in [-0.3, -0.25) is 10.1 Å². The van der Waals surface area contributed by atoms with Gasteiger partial charge >= 0.3 is 6.03 Å². The van der Waals surface area contributed by atoms with Crippen LogP contribution in [0.5, 0.6) is 5.75 Å². The van der Waals surface area contributed by atoms with Crippen LogP contribution < -0.4 is 26.4 Å². The Labute approximate surface area is 216 Å². The van der Waals surface area contributed by atoms with E-state index in [9.17, 15) is 18.4 Å².